The van der Waals surface area contributed by atoms with E-state index in [1.165, 1.54) is 49.9 Å². The Kier molecular flexibility index (Phi) is 6.71. The van der Waals surface area contributed by atoms with Crippen molar-refractivity contribution in [1.82, 2.24) is 15.2 Å². The Labute approximate surface area is 161 Å². The summed E-state index contributed by atoms with van der Waals surface area (Å²) in [7, 11) is 1.90. The Bertz CT molecular complexity index is 529. The van der Waals surface area contributed by atoms with Gasteiger partial charge in [0, 0.05) is 25.0 Å². The van der Waals surface area contributed by atoms with Crippen LogP contribution >= 0.6 is 35.3 Å². The van der Waals surface area contributed by atoms with Crippen LogP contribution in [0.15, 0.2) is 4.99 Å². The van der Waals surface area contributed by atoms with Crippen molar-refractivity contribution in [3.05, 3.63) is 15.6 Å². The molecule has 130 valence electrons. The van der Waals surface area contributed by atoms with E-state index in [0.29, 0.717) is 5.41 Å². The van der Waals surface area contributed by atoms with E-state index in [1.54, 1.807) is 11.3 Å². The van der Waals surface area contributed by atoms with Gasteiger partial charge in [0.1, 0.15) is 5.01 Å². The fourth-order valence-electron chi connectivity index (χ4n) is 3.93. The fraction of sp³-hybridized carbons (Fsp3) is 0.765. The highest BCUT2D eigenvalue weighted by Gasteiger charge is 2.39. The van der Waals surface area contributed by atoms with Crippen LogP contribution in [0.3, 0.4) is 0 Å². The highest BCUT2D eigenvalue weighted by molar-refractivity contribution is 14.0. The number of thiazole rings is 1. The van der Waals surface area contributed by atoms with E-state index in [-0.39, 0.29) is 24.0 Å². The maximum Gasteiger partial charge on any atom is 0.194 e. The fourth-order valence-corrected chi connectivity index (χ4v) is 4.80. The molecule has 3 rings (SSSR count). The molecule has 0 bridgehead atoms. The molecule has 2 aliphatic rings. The van der Waals surface area contributed by atoms with Crippen LogP contribution in [0.25, 0.3) is 0 Å². The molecule has 2 fully saturated rings. The molecular weight excluding hydrogens is 419 g/mol. The van der Waals surface area contributed by atoms with Gasteiger partial charge in [-0.25, -0.2) is 4.98 Å². The average Bonchev–Trinajstić information content (AvgIpc) is 3.05. The van der Waals surface area contributed by atoms with Crippen LogP contribution in [-0.4, -0.2) is 36.0 Å². The van der Waals surface area contributed by atoms with Gasteiger partial charge >= 0.3 is 0 Å². The van der Waals surface area contributed by atoms with E-state index in [0.717, 1.165) is 29.8 Å². The van der Waals surface area contributed by atoms with Crippen LogP contribution in [0.1, 0.15) is 54.1 Å². The molecule has 1 saturated heterocycles. The number of nitrogens with one attached hydrogen (secondary N) is 1. The van der Waals surface area contributed by atoms with Gasteiger partial charge in [-0.3, -0.25) is 4.99 Å². The van der Waals surface area contributed by atoms with Crippen molar-refractivity contribution in [1.29, 1.82) is 0 Å². The Morgan fingerprint density at radius 1 is 1.26 bits per heavy atom. The van der Waals surface area contributed by atoms with Gasteiger partial charge < -0.3 is 10.2 Å². The lowest BCUT2D eigenvalue weighted by Gasteiger charge is -2.33. The third kappa shape index (κ3) is 4.38. The van der Waals surface area contributed by atoms with Gasteiger partial charge in [-0.1, -0.05) is 19.3 Å². The molecule has 1 aliphatic heterocycles. The minimum Gasteiger partial charge on any atom is -0.350 e. The molecule has 6 heteroatoms. The van der Waals surface area contributed by atoms with Crippen LogP contribution in [0.2, 0.25) is 0 Å². The number of aromatic nitrogens is 1. The predicted molar refractivity (Wildman–Crippen MR) is 109 cm³/mol. The van der Waals surface area contributed by atoms with E-state index in [9.17, 15) is 0 Å². The number of halogens is 1. The summed E-state index contributed by atoms with van der Waals surface area (Å²) in [4.78, 5) is 12.9. The lowest BCUT2D eigenvalue weighted by Crippen LogP contribution is -2.41. The summed E-state index contributed by atoms with van der Waals surface area (Å²) in [5.74, 6) is 1.05. The lowest BCUT2D eigenvalue weighted by molar-refractivity contribution is 0.203. The second-order valence-electron chi connectivity index (χ2n) is 6.88. The molecule has 1 saturated carbocycles. The number of aliphatic imine (C=N–C) groups is 1. The van der Waals surface area contributed by atoms with Crippen molar-refractivity contribution in [2.45, 2.75) is 58.9 Å². The van der Waals surface area contributed by atoms with Gasteiger partial charge in [0.05, 0.1) is 12.2 Å². The first-order chi connectivity index (χ1) is 10.6. The number of likely N-dealkylation sites (tertiary alicyclic amines) is 1. The smallest absolute Gasteiger partial charge is 0.194 e. The number of aryl methyl sites for hydroxylation is 2. The second kappa shape index (κ2) is 8.14. The van der Waals surface area contributed by atoms with Crippen molar-refractivity contribution < 1.29 is 0 Å². The van der Waals surface area contributed by atoms with Gasteiger partial charge in [0.15, 0.2) is 5.96 Å². The van der Waals surface area contributed by atoms with Gasteiger partial charge in [-0.05, 0) is 38.5 Å². The molecule has 1 aliphatic carbocycles. The predicted octanol–water partition coefficient (Wildman–Crippen LogP) is 4.11. The van der Waals surface area contributed by atoms with Gasteiger partial charge in [-0.15, -0.1) is 35.3 Å². The second-order valence-corrected chi connectivity index (χ2v) is 8.17. The SMILES string of the molecule is CN=C(NCc1nc(C)c(C)s1)N1CCC2(CCCCC2)C1.I. The van der Waals surface area contributed by atoms with Crippen LogP contribution < -0.4 is 5.32 Å². The Morgan fingerprint density at radius 3 is 2.61 bits per heavy atom. The Morgan fingerprint density at radius 2 is 2.00 bits per heavy atom. The number of hydrogen-bond donors (Lipinski definition) is 1. The van der Waals surface area contributed by atoms with Gasteiger partial charge in [-0.2, -0.15) is 0 Å². The lowest BCUT2D eigenvalue weighted by atomic mass is 9.73. The number of rotatable bonds is 2. The molecule has 23 heavy (non-hydrogen) atoms. The van der Waals surface area contributed by atoms with Crippen molar-refractivity contribution in [3.8, 4) is 0 Å². The summed E-state index contributed by atoms with van der Waals surface area (Å²) in [6.07, 6.45) is 8.41. The van der Waals surface area contributed by atoms with Crippen molar-refractivity contribution >= 4 is 41.3 Å². The standard InChI is InChI=1S/C17H28N4S.HI/c1-13-14(2)22-15(20-13)11-19-16(18-3)21-10-9-17(12-21)7-5-4-6-8-17;/h4-12H2,1-3H3,(H,18,19);1H. The van der Waals surface area contributed by atoms with E-state index in [4.69, 9.17) is 0 Å². The maximum absolute atomic E-state index is 4.61. The minimum absolute atomic E-state index is 0. The van der Waals surface area contributed by atoms with Crippen LogP contribution in [0, 0.1) is 19.3 Å². The zero-order valence-corrected chi connectivity index (χ0v) is 17.7. The summed E-state index contributed by atoms with van der Waals surface area (Å²) < 4.78 is 0. The molecule has 1 aromatic heterocycles. The molecule has 0 unspecified atom stereocenters. The molecule has 4 nitrogen and oxygen atoms in total. The number of guanidine groups is 1. The molecule has 1 N–H and O–H groups in total. The number of hydrogen-bond acceptors (Lipinski definition) is 3. The molecule has 2 heterocycles. The van der Waals surface area contributed by atoms with E-state index in [1.807, 2.05) is 7.05 Å². The first-order valence-electron chi connectivity index (χ1n) is 8.50. The van der Waals surface area contributed by atoms with Crippen LogP contribution in [0.5, 0.6) is 0 Å². The third-order valence-electron chi connectivity index (χ3n) is 5.33. The zero-order valence-electron chi connectivity index (χ0n) is 14.5. The molecule has 1 spiro atoms. The quantitative estimate of drug-likeness (QED) is 0.421. The van der Waals surface area contributed by atoms with E-state index >= 15 is 0 Å². The topological polar surface area (TPSA) is 40.5 Å². The summed E-state index contributed by atoms with van der Waals surface area (Å²) in [6.45, 7) is 7.34. The Balaban J connectivity index is 0.00000192. The highest BCUT2D eigenvalue weighted by atomic mass is 127. The largest absolute Gasteiger partial charge is 0.350 e. The Hall–Kier alpha value is -0.370. The summed E-state index contributed by atoms with van der Waals surface area (Å²) in [5, 5.41) is 4.67. The molecule has 1 aromatic rings. The molecule has 0 aromatic carbocycles. The monoisotopic (exact) mass is 448 g/mol. The summed E-state index contributed by atoms with van der Waals surface area (Å²) in [6, 6.07) is 0. The minimum atomic E-state index is 0. The first kappa shape index (κ1) is 19.0. The van der Waals surface area contributed by atoms with Gasteiger partial charge in [0.2, 0.25) is 0 Å². The summed E-state index contributed by atoms with van der Waals surface area (Å²) >= 11 is 1.78. The molecule has 0 atom stereocenters. The van der Waals surface area contributed by atoms with Crippen molar-refractivity contribution in [2.24, 2.45) is 10.4 Å². The highest BCUT2D eigenvalue weighted by Crippen LogP contribution is 2.43. The third-order valence-corrected chi connectivity index (χ3v) is 6.41. The summed E-state index contributed by atoms with van der Waals surface area (Å²) in [5.41, 5.74) is 1.73. The van der Waals surface area contributed by atoms with Crippen molar-refractivity contribution in [2.75, 3.05) is 20.1 Å². The molecular formula is C17H29IN4S. The molecule has 0 amide bonds. The normalized spacial score (nSPS) is 20.7. The van der Waals surface area contributed by atoms with Crippen LogP contribution in [-0.2, 0) is 6.54 Å². The van der Waals surface area contributed by atoms with Crippen LogP contribution in [0.4, 0.5) is 0 Å². The number of nitrogens with zero attached hydrogens (tertiary/aromatic N) is 3. The average molecular weight is 448 g/mol. The first-order valence-corrected chi connectivity index (χ1v) is 9.32. The zero-order chi connectivity index (χ0) is 15.6. The van der Waals surface area contributed by atoms with E-state index in [2.05, 4.69) is 34.0 Å². The van der Waals surface area contributed by atoms with Gasteiger partial charge in [0.25, 0.3) is 0 Å². The molecule has 0 radical (unpaired) electrons. The van der Waals surface area contributed by atoms with Crippen molar-refractivity contribution in [3.63, 3.8) is 0 Å². The van der Waals surface area contributed by atoms with E-state index < -0.39 is 0 Å². The maximum atomic E-state index is 4.61.